The molecule has 1 aliphatic heterocycles. The number of aryl methyl sites for hydroxylation is 2. The van der Waals surface area contributed by atoms with E-state index in [1.807, 2.05) is 19.1 Å². The molecule has 154 valence electrons. The van der Waals surface area contributed by atoms with Crippen LogP contribution in [0.2, 0.25) is 0 Å². The number of benzene rings is 2. The molecule has 0 bridgehead atoms. The van der Waals surface area contributed by atoms with Crippen LogP contribution >= 0.6 is 0 Å². The fraction of sp³-hybridized carbons (Fsp3) is 0.333. The van der Waals surface area contributed by atoms with E-state index in [1.54, 1.807) is 38.1 Å². The van der Waals surface area contributed by atoms with Crippen LogP contribution in [0.4, 0.5) is 11.4 Å². The highest BCUT2D eigenvalue weighted by atomic mass is 32.2. The summed E-state index contributed by atoms with van der Waals surface area (Å²) in [5, 5.41) is 5.51. The molecule has 7 nitrogen and oxygen atoms in total. The van der Waals surface area contributed by atoms with Gasteiger partial charge in [0.25, 0.3) is 0 Å². The van der Waals surface area contributed by atoms with Crippen molar-refractivity contribution in [2.75, 3.05) is 17.2 Å². The Labute approximate surface area is 171 Å². The zero-order valence-electron chi connectivity index (χ0n) is 16.7. The first-order valence-corrected chi connectivity index (χ1v) is 11.0. The molecule has 8 heteroatoms. The molecule has 1 aliphatic rings. The highest BCUT2D eigenvalue weighted by Gasteiger charge is 2.32. The predicted octanol–water partition coefficient (Wildman–Crippen LogP) is 2.92. The zero-order valence-corrected chi connectivity index (χ0v) is 17.5. The molecule has 0 fully saturated rings. The van der Waals surface area contributed by atoms with E-state index < -0.39 is 22.0 Å². The fourth-order valence-corrected chi connectivity index (χ4v) is 4.98. The summed E-state index contributed by atoms with van der Waals surface area (Å²) in [4.78, 5) is 24.3. The Bertz CT molecular complexity index is 1030. The van der Waals surface area contributed by atoms with Crippen molar-refractivity contribution >= 4 is 33.2 Å². The lowest BCUT2D eigenvalue weighted by molar-refractivity contribution is -0.119. The molecular formula is C21H25N3O4S. The van der Waals surface area contributed by atoms with Crippen LogP contribution in [0, 0.1) is 6.92 Å². The highest BCUT2D eigenvalue weighted by molar-refractivity contribution is 7.89. The summed E-state index contributed by atoms with van der Waals surface area (Å²) in [5.41, 5.74) is 3.09. The standard InChI is InChI=1S/C21H25N3O4S/c1-4-24(15(3)21(26)22-17-8-5-14(2)6-9-17)29(27,28)18-10-11-19-16(13-18)7-12-20(25)23-19/h5-6,8-11,13,15H,4,7,12H2,1-3H3,(H,22,26)(H,23,25). The molecule has 0 saturated heterocycles. The molecule has 0 spiro atoms. The van der Waals surface area contributed by atoms with Crippen LogP contribution in [-0.4, -0.2) is 37.1 Å². The molecule has 1 unspecified atom stereocenters. The molecule has 2 N–H and O–H groups in total. The average Bonchev–Trinajstić information content (AvgIpc) is 2.69. The molecule has 2 aromatic rings. The predicted molar refractivity (Wildman–Crippen MR) is 112 cm³/mol. The third-order valence-corrected chi connectivity index (χ3v) is 7.06. The zero-order chi connectivity index (χ0) is 21.2. The highest BCUT2D eigenvalue weighted by Crippen LogP contribution is 2.28. The summed E-state index contributed by atoms with van der Waals surface area (Å²) in [6, 6.07) is 11.1. The Morgan fingerprint density at radius 1 is 1.17 bits per heavy atom. The first kappa shape index (κ1) is 21.0. The van der Waals surface area contributed by atoms with E-state index in [4.69, 9.17) is 0 Å². The van der Waals surface area contributed by atoms with Gasteiger partial charge < -0.3 is 10.6 Å². The van der Waals surface area contributed by atoms with Gasteiger partial charge in [0.15, 0.2) is 0 Å². The summed E-state index contributed by atoms with van der Waals surface area (Å²) in [6.07, 6.45) is 0.809. The van der Waals surface area contributed by atoms with Gasteiger partial charge >= 0.3 is 0 Å². The normalized spacial score (nSPS) is 14.8. The number of likely N-dealkylation sites (N-methyl/N-ethyl adjacent to an activating group) is 1. The van der Waals surface area contributed by atoms with Gasteiger partial charge in [-0.05, 0) is 56.2 Å². The maximum absolute atomic E-state index is 13.2. The van der Waals surface area contributed by atoms with Crippen LogP contribution in [0.5, 0.6) is 0 Å². The maximum atomic E-state index is 13.2. The molecule has 2 aromatic carbocycles. The number of carbonyl (C=O) groups is 2. The third-order valence-electron chi connectivity index (χ3n) is 5.02. The van der Waals surface area contributed by atoms with Crippen LogP contribution in [0.3, 0.4) is 0 Å². The van der Waals surface area contributed by atoms with Gasteiger partial charge in [-0.2, -0.15) is 4.31 Å². The van der Waals surface area contributed by atoms with Crippen molar-refractivity contribution in [1.82, 2.24) is 4.31 Å². The van der Waals surface area contributed by atoms with E-state index in [2.05, 4.69) is 10.6 Å². The number of nitrogens with zero attached hydrogens (tertiary/aromatic N) is 1. The Kier molecular flexibility index (Phi) is 6.04. The number of hydrogen-bond donors (Lipinski definition) is 2. The minimum Gasteiger partial charge on any atom is -0.326 e. The van der Waals surface area contributed by atoms with Gasteiger partial charge in [0, 0.05) is 24.3 Å². The molecule has 0 aliphatic carbocycles. The summed E-state index contributed by atoms with van der Waals surface area (Å²) >= 11 is 0. The molecule has 3 rings (SSSR count). The van der Waals surface area contributed by atoms with E-state index in [1.165, 1.54) is 10.4 Å². The summed E-state index contributed by atoms with van der Waals surface area (Å²) in [6.45, 7) is 5.37. The van der Waals surface area contributed by atoms with Crippen LogP contribution < -0.4 is 10.6 Å². The lowest BCUT2D eigenvalue weighted by Gasteiger charge is -2.27. The van der Waals surface area contributed by atoms with Gasteiger partial charge in [-0.15, -0.1) is 0 Å². The topological polar surface area (TPSA) is 95.6 Å². The number of anilines is 2. The molecule has 0 radical (unpaired) electrons. The van der Waals surface area contributed by atoms with E-state index in [-0.39, 0.29) is 17.3 Å². The molecule has 1 heterocycles. The van der Waals surface area contributed by atoms with Crippen molar-refractivity contribution in [1.29, 1.82) is 0 Å². The van der Waals surface area contributed by atoms with E-state index in [9.17, 15) is 18.0 Å². The van der Waals surface area contributed by atoms with E-state index in [0.717, 1.165) is 11.1 Å². The van der Waals surface area contributed by atoms with Gasteiger partial charge in [-0.3, -0.25) is 9.59 Å². The fourth-order valence-electron chi connectivity index (χ4n) is 3.32. The van der Waals surface area contributed by atoms with Gasteiger partial charge in [-0.25, -0.2) is 8.42 Å². The lowest BCUT2D eigenvalue weighted by atomic mass is 10.0. The second-order valence-electron chi connectivity index (χ2n) is 7.11. The minimum atomic E-state index is -3.88. The Morgan fingerprint density at radius 3 is 2.52 bits per heavy atom. The van der Waals surface area contributed by atoms with Gasteiger partial charge in [0.2, 0.25) is 21.8 Å². The first-order valence-electron chi connectivity index (χ1n) is 9.54. The van der Waals surface area contributed by atoms with Crippen molar-refractivity contribution in [2.45, 2.75) is 44.6 Å². The molecule has 2 amide bonds. The summed E-state index contributed by atoms with van der Waals surface area (Å²) in [7, 11) is -3.88. The number of nitrogens with one attached hydrogen (secondary N) is 2. The van der Waals surface area contributed by atoms with Gasteiger partial charge in [0.05, 0.1) is 4.90 Å². The quantitative estimate of drug-likeness (QED) is 0.758. The molecule has 29 heavy (non-hydrogen) atoms. The first-order chi connectivity index (χ1) is 13.7. The smallest absolute Gasteiger partial charge is 0.243 e. The van der Waals surface area contributed by atoms with Crippen LogP contribution in [0.15, 0.2) is 47.4 Å². The Balaban J connectivity index is 1.82. The van der Waals surface area contributed by atoms with E-state index in [0.29, 0.717) is 24.2 Å². The number of amides is 2. The van der Waals surface area contributed by atoms with Crippen LogP contribution in [0.25, 0.3) is 0 Å². The summed E-state index contributed by atoms with van der Waals surface area (Å²) in [5.74, 6) is -0.478. The van der Waals surface area contributed by atoms with Crippen molar-refractivity contribution in [3.8, 4) is 0 Å². The number of fused-ring (bicyclic) bond motifs is 1. The van der Waals surface area contributed by atoms with E-state index >= 15 is 0 Å². The molecule has 0 aromatic heterocycles. The number of rotatable bonds is 6. The van der Waals surface area contributed by atoms with Crippen molar-refractivity contribution in [2.24, 2.45) is 0 Å². The molecule has 0 saturated carbocycles. The number of hydrogen-bond acceptors (Lipinski definition) is 4. The number of carbonyl (C=O) groups excluding carboxylic acids is 2. The second-order valence-corrected chi connectivity index (χ2v) is 9.00. The van der Waals surface area contributed by atoms with Crippen molar-refractivity contribution < 1.29 is 18.0 Å². The molecular weight excluding hydrogens is 390 g/mol. The van der Waals surface area contributed by atoms with Crippen molar-refractivity contribution in [3.05, 3.63) is 53.6 Å². The second kappa shape index (κ2) is 8.34. The minimum absolute atomic E-state index is 0.0790. The average molecular weight is 416 g/mol. The monoisotopic (exact) mass is 415 g/mol. The van der Waals surface area contributed by atoms with Crippen LogP contribution in [-0.2, 0) is 26.0 Å². The lowest BCUT2D eigenvalue weighted by Crippen LogP contribution is -2.45. The summed E-state index contributed by atoms with van der Waals surface area (Å²) < 4.78 is 27.6. The molecule has 1 atom stereocenters. The Morgan fingerprint density at radius 2 is 1.86 bits per heavy atom. The van der Waals surface area contributed by atoms with Gasteiger partial charge in [0.1, 0.15) is 6.04 Å². The SMILES string of the molecule is CCN(C(C)C(=O)Nc1ccc(C)cc1)S(=O)(=O)c1ccc2c(c1)CCC(=O)N2. The number of sulfonamides is 1. The largest absolute Gasteiger partial charge is 0.326 e. The Hall–Kier alpha value is -2.71. The van der Waals surface area contributed by atoms with Crippen LogP contribution in [0.1, 0.15) is 31.4 Å². The van der Waals surface area contributed by atoms with Crippen molar-refractivity contribution in [3.63, 3.8) is 0 Å². The van der Waals surface area contributed by atoms with Gasteiger partial charge in [-0.1, -0.05) is 24.6 Å². The maximum Gasteiger partial charge on any atom is 0.243 e. The third kappa shape index (κ3) is 4.49.